The monoisotopic (exact) mass is 231 g/mol. The van der Waals surface area contributed by atoms with E-state index in [0.717, 1.165) is 24.4 Å². The molecule has 0 saturated heterocycles. The number of anilines is 1. The summed E-state index contributed by atoms with van der Waals surface area (Å²) in [7, 11) is 0. The highest BCUT2D eigenvalue weighted by Crippen LogP contribution is 2.16. The van der Waals surface area contributed by atoms with Gasteiger partial charge in [-0.05, 0) is 18.1 Å². The molecule has 4 nitrogen and oxygen atoms in total. The van der Waals surface area contributed by atoms with E-state index in [9.17, 15) is 0 Å². The van der Waals surface area contributed by atoms with Gasteiger partial charge in [-0.15, -0.1) is 0 Å². The maximum Gasteiger partial charge on any atom is 0.245 e. The van der Waals surface area contributed by atoms with E-state index < -0.39 is 0 Å². The smallest absolute Gasteiger partial charge is 0.245 e. The Morgan fingerprint density at radius 1 is 1.18 bits per heavy atom. The van der Waals surface area contributed by atoms with Crippen molar-refractivity contribution in [2.45, 2.75) is 33.2 Å². The Bertz CT molecular complexity index is 479. The van der Waals surface area contributed by atoms with Crippen molar-refractivity contribution in [2.75, 3.05) is 5.32 Å². The molecule has 90 valence electrons. The van der Waals surface area contributed by atoms with Gasteiger partial charge in [-0.1, -0.05) is 37.2 Å². The van der Waals surface area contributed by atoms with Gasteiger partial charge in [0.1, 0.15) is 0 Å². The van der Waals surface area contributed by atoms with Gasteiger partial charge in [-0.25, -0.2) is 0 Å². The molecular formula is C13H17N3O. The first-order chi connectivity index (χ1) is 8.33. The number of hydrogen-bond donors (Lipinski definition) is 1. The average Bonchev–Trinajstić information content (AvgIpc) is 2.84. The van der Waals surface area contributed by atoms with Crippen molar-refractivity contribution >= 4 is 5.69 Å². The zero-order valence-electron chi connectivity index (χ0n) is 10.2. The maximum absolute atomic E-state index is 5.13. The van der Waals surface area contributed by atoms with Gasteiger partial charge in [0.25, 0.3) is 0 Å². The minimum Gasteiger partial charge on any atom is -0.376 e. The van der Waals surface area contributed by atoms with Crippen molar-refractivity contribution < 1.29 is 4.52 Å². The quantitative estimate of drug-likeness (QED) is 0.859. The molecule has 0 aliphatic rings. The summed E-state index contributed by atoms with van der Waals surface area (Å²) in [5.74, 6) is 1.39. The number of nitrogens with zero attached hydrogens (tertiary/aromatic N) is 2. The number of aryl methyl sites for hydroxylation is 2. The van der Waals surface area contributed by atoms with Gasteiger partial charge in [-0.2, -0.15) is 4.98 Å². The molecular weight excluding hydrogens is 214 g/mol. The van der Waals surface area contributed by atoms with E-state index in [1.807, 2.05) is 19.1 Å². The van der Waals surface area contributed by atoms with E-state index >= 15 is 0 Å². The molecule has 1 aromatic heterocycles. The number of nitrogens with one attached hydrogen (secondary N) is 1. The van der Waals surface area contributed by atoms with Crippen molar-refractivity contribution in [3.63, 3.8) is 0 Å². The van der Waals surface area contributed by atoms with Crippen LogP contribution in [0.4, 0.5) is 5.69 Å². The summed E-state index contributed by atoms with van der Waals surface area (Å²) in [4.78, 5) is 4.26. The molecule has 0 bridgehead atoms. The Balaban J connectivity index is 2.01. The number of hydrogen-bond acceptors (Lipinski definition) is 4. The molecule has 0 aliphatic heterocycles. The highest BCUT2D eigenvalue weighted by Gasteiger charge is 2.05. The van der Waals surface area contributed by atoms with Gasteiger partial charge in [0.2, 0.25) is 5.89 Å². The number of benzene rings is 1. The molecule has 1 N–H and O–H groups in total. The number of rotatable bonds is 5. The normalized spacial score (nSPS) is 10.5. The number of aromatic nitrogens is 2. The molecule has 0 saturated carbocycles. The summed E-state index contributed by atoms with van der Waals surface area (Å²) in [6, 6.07) is 8.25. The fourth-order valence-corrected chi connectivity index (χ4v) is 1.68. The van der Waals surface area contributed by atoms with Crippen molar-refractivity contribution in [1.82, 2.24) is 10.1 Å². The predicted octanol–water partition coefficient (Wildman–Crippen LogP) is 2.81. The summed E-state index contributed by atoms with van der Waals surface area (Å²) in [5.41, 5.74) is 2.42. The second-order valence-corrected chi connectivity index (χ2v) is 3.82. The van der Waals surface area contributed by atoms with Crippen LogP contribution in [0.1, 0.15) is 31.1 Å². The Kier molecular flexibility index (Phi) is 3.75. The van der Waals surface area contributed by atoms with E-state index in [-0.39, 0.29) is 0 Å². The van der Waals surface area contributed by atoms with Gasteiger partial charge < -0.3 is 9.84 Å². The molecule has 0 spiro atoms. The number of para-hydroxylation sites is 1. The van der Waals surface area contributed by atoms with Crippen LogP contribution in [-0.2, 0) is 19.4 Å². The zero-order chi connectivity index (χ0) is 12.1. The summed E-state index contributed by atoms with van der Waals surface area (Å²) in [6.07, 6.45) is 1.81. The van der Waals surface area contributed by atoms with Gasteiger partial charge in [0.05, 0.1) is 6.54 Å². The predicted molar refractivity (Wildman–Crippen MR) is 66.8 cm³/mol. The third-order valence-electron chi connectivity index (χ3n) is 2.65. The summed E-state index contributed by atoms with van der Waals surface area (Å²) in [6.45, 7) is 4.72. The lowest BCUT2D eigenvalue weighted by Crippen LogP contribution is -2.02. The molecule has 4 heteroatoms. The molecule has 2 aromatic rings. The first-order valence-electron chi connectivity index (χ1n) is 5.96. The molecule has 17 heavy (non-hydrogen) atoms. The molecule has 1 aromatic carbocycles. The van der Waals surface area contributed by atoms with E-state index in [1.165, 1.54) is 5.56 Å². The minimum absolute atomic E-state index is 0.573. The van der Waals surface area contributed by atoms with Gasteiger partial charge in [0, 0.05) is 12.1 Å². The van der Waals surface area contributed by atoms with Crippen LogP contribution in [0.5, 0.6) is 0 Å². The lowest BCUT2D eigenvalue weighted by Gasteiger charge is -2.08. The Hall–Kier alpha value is -1.84. The van der Waals surface area contributed by atoms with Gasteiger partial charge in [0.15, 0.2) is 5.82 Å². The van der Waals surface area contributed by atoms with Crippen molar-refractivity contribution in [3.8, 4) is 0 Å². The molecule has 0 radical (unpaired) electrons. The van der Waals surface area contributed by atoms with Crippen LogP contribution in [0.15, 0.2) is 28.8 Å². The molecule has 0 aliphatic carbocycles. The first kappa shape index (κ1) is 11.6. The van der Waals surface area contributed by atoms with E-state index in [0.29, 0.717) is 12.4 Å². The van der Waals surface area contributed by atoms with Crippen LogP contribution >= 0.6 is 0 Å². The molecule has 1 heterocycles. The largest absolute Gasteiger partial charge is 0.376 e. The van der Waals surface area contributed by atoms with Crippen LogP contribution < -0.4 is 5.32 Å². The third-order valence-corrected chi connectivity index (χ3v) is 2.65. The van der Waals surface area contributed by atoms with Gasteiger partial charge >= 0.3 is 0 Å². The Morgan fingerprint density at radius 3 is 2.71 bits per heavy atom. The lowest BCUT2D eigenvalue weighted by molar-refractivity contribution is 0.378. The first-order valence-corrected chi connectivity index (χ1v) is 5.96. The molecule has 0 atom stereocenters. The van der Waals surface area contributed by atoms with Crippen LogP contribution in [0.3, 0.4) is 0 Å². The van der Waals surface area contributed by atoms with E-state index in [4.69, 9.17) is 4.52 Å². The second kappa shape index (κ2) is 5.48. The maximum atomic E-state index is 5.13. The summed E-state index contributed by atoms with van der Waals surface area (Å²) < 4.78 is 5.13. The Labute approximate surface area is 101 Å². The molecule has 0 amide bonds. The van der Waals surface area contributed by atoms with Crippen LogP contribution in [0.25, 0.3) is 0 Å². The highest BCUT2D eigenvalue weighted by atomic mass is 16.5. The van der Waals surface area contributed by atoms with Crippen molar-refractivity contribution in [3.05, 3.63) is 41.5 Å². The van der Waals surface area contributed by atoms with Crippen LogP contribution in [0, 0.1) is 0 Å². The van der Waals surface area contributed by atoms with Gasteiger partial charge in [-0.3, -0.25) is 0 Å². The fourth-order valence-electron chi connectivity index (χ4n) is 1.68. The SMILES string of the molecule is CCc1noc(CNc2ccccc2CC)n1. The molecule has 0 unspecified atom stereocenters. The zero-order valence-corrected chi connectivity index (χ0v) is 10.2. The molecule has 0 fully saturated rings. The lowest BCUT2D eigenvalue weighted by atomic mass is 10.1. The standard InChI is InChI=1S/C13H17N3O/c1-3-10-7-5-6-8-11(10)14-9-13-15-12(4-2)16-17-13/h5-8,14H,3-4,9H2,1-2H3. The summed E-state index contributed by atoms with van der Waals surface area (Å²) in [5, 5.41) is 7.19. The van der Waals surface area contributed by atoms with E-state index in [2.05, 4.69) is 34.5 Å². The van der Waals surface area contributed by atoms with Crippen LogP contribution in [-0.4, -0.2) is 10.1 Å². The second-order valence-electron chi connectivity index (χ2n) is 3.82. The topological polar surface area (TPSA) is 51.0 Å². The summed E-state index contributed by atoms with van der Waals surface area (Å²) >= 11 is 0. The fraction of sp³-hybridized carbons (Fsp3) is 0.385. The average molecular weight is 231 g/mol. The van der Waals surface area contributed by atoms with Crippen molar-refractivity contribution in [1.29, 1.82) is 0 Å². The van der Waals surface area contributed by atoms with E-state index in [1.54, 1.807) is 0 Å². The van der Waals surface area contributed by atoms with Crippen molar-refractivity contribution in [2.24, 2.45) is 0 Å². The third kappa shape index (κ3) is 2.84. The Morgan fingerprint density at radius 2 is 2.00 bits per heavy atom. The molecule has 2 rings (SSSR count). The minimum atomic E-state index is 0.573. The highest BCUT2D eigenvalue weighted by molar-refractivity contribution is 5.50. The van der Waals surface area contributed by atoms with Crippen LogP contribution in [0.2, 0.25) is 0 Å².